The molecule has 1 aliphatic carbocycles. The molecule has 2 aromatic heterocycles. The molecule has 0 radical (unpaired) electrons. The lowest BCUT2D eigenvalue weighted by atomic mass is 9.82. The van der Waals surface area contributed by atoms with Crippen molar-refractivity contribution in [1.82, 2.24) is 25.4 Å². The SMILES string of the molecule is CO[C@@H]1CC[C@H](C(=O)N(C)CCc2ccccn2)C[C@H]1NC(=O)c1cn[nH]c1. The van der Waals surface area contributed by atoms with Crippen LogP contribution in [0.1, 0.15) is 35.3 Å². The summed E-state index contributed by atoms with van der Waals surface area (Å²) < 4.78 is 5.54. The summed E-state index contributed by atoms with van der Waals surface area (Å²) in [5.74, 6) is -0.236. The lowest BCUT2D eigenvalue weighted by molar-refractivity contribution is -0.136. The van der Waals surface area contributed by atoms with Gasteiger partial charge in [-0.1, -0.05) is 6.07 Å². The highest BCUT2D eigenvalue weighted by atomic mass is 16.5. The van der Waals surface area contributed by atoms with E-state index in [1.807, 2.05) is 25.2 Å². The van der Waals surface area contributed by atoms with Gasteiger partial charge in [0.2, 0.25) is 5.91 Å². The van der Waals surface area contributed by atoms with Crippen molar-refractivity contribution in [3.8, 4) is 0 Å². The van der Waals surface area contributed by atoms with Gasteiger partial charge in [-0.05, 0) is 31.4 Å². The summed E-state index contributed by atoms with van der Waals surface area (Å²) in [7, 11) is 3.47. The molecule has 0 aromatic carbocycles. The second-order valence-corrected chi connectivity index (χ2v) is 7.18. The average Bonchev–Trinajstić information content (AvgIpc) is 3.27. The van der Waals surface area contributed by atoms with Gasteiger partial charge in [0.1, 0.15) is 0 Å². The summed E-state index contributed by atoms with van der Waals surface area (Å²) in [4.78, 5) is 31.4. The summed E-state index contributed by atoms with van der Waals surface area (Å²) >= 11 is 0. The third-order valence-electron chi connectivity index (χ3n) is 5.32. The fourth-order valence-electron chi connectivity index (χ4n) is 3.68. The molecular weight excluding hydrogens is 358 g/mol. The van der Waals surface area contributed by atoms with Crippen molar-refractivity contribution in [1.29, 1.82) is 0 Å². The van der Waals surface area contributed by atoms with Gasteiger partial charge in [0.25, 0.3) is 5.91 Å². The van der Waals surface area contributed by atoms with Gasteiger partial charge in [-0.3, -0.25) is 19.7 Å². The Morgan fingerprint density at radius 3 is 2.89 bits per heavy atom. The third-order valence-corrected chi connectivity index (χ3v) is 5.32. The number of rotatable bonds is 7. The molecule has 150 valence electrons. The third kappa shape index (κ3) is 4.95. The Kier molecular flexibility index (Phi) is 6.76. The van der Waals surface area contributed by atoms with Crippen LogP contribution in [-0.2, 0) is 16.0 Å². The number of carbonyl (C=O) groups is 2. The van der Waals surface area contributed by atoms with Crippen LogP contribution in [0.3, 0.4) is 0 Å². The molecule has 8 nitrogen and oxygen atoms in total. The summed E-state index contributed by atoms with van der Waals surface area (Å²) in [5, 5.41) is 9.44. The van der Waals surface area contributed by atoms with Gasteiger partial charge in [-0.2, -0.15) is 5.10 Å². The van der Waals surface area contributed by atoms with E-state index >= 15 is 0 Å². The van der Waals surface area contributed by atoms with Crippen molar-refractivity contribution in [3.05, 3.63) is 48.0 Å². The molecule has 2 aromatic rings. The number of H-pyrrole nitrogens is 1. The fraction of sp³-hybridized carbons (Fsp3) is 0.500. The number of amides is 2. The van der Waals surface area contributed by atoms with Crippen molar-refractivity contribution >= 4 is 11.8 Å². The van der Waals surface area contributed by atoms with E-state index < -0.39 is 0 Å². The highest BCUT2D eigenvalue weighted by Crippen LogP contribution is 2.28. The van der Waals surface area contributed by atoms with Gasteiger partial charge in [-0.25, -0.2) is 0 Å². The van der Waals surface area contributed by atoms with Gasteiger partial charge >= 0.3 is 0 Å². The Labute approximate surface area is 164 Å². The van der Waals surface area contributed by atoms with E-state index in [2.05, 4.69) is 20.5 Å². The van der Waals surface area contributed by atoms with Gasteiger partial charge < -0.3 is 15.0 Å². The number of pyridine rings is 1. The molecule has 3 rings (SSSR count). The second kappa shape index (κ2) is 9.45. The van der Waals surface area contributed by atoms with Crippen molar-refractivity contribution < 1.29 is 14.3 Å². The van der Waals surface area contributed by atoms with Crippen LogP contribution in [0.25, 0.3) is 0 Å². The number of hydrogen-bond acceptors (Lipinski definition) is 5. The molecule has 2 amide bonds. The number of ether oxygens (including phenoxy) is 1. The molecule has 3 atom stereocenters. The first-order chi connectivity index (χ1) is 13.6. The maximum atomic E-state index is 12.9. The van der Waals surface area contributed by atoms with E-state index in [-0.39, 0.29) is 29.9 Å². The minimum atomic E-state index is -0.211. The summed E-state index contributed by atoms with van der Waals surface area (Å²) in [6.07, 6.45) is 7.46. The smallest absolute Gasteiger partial charge is 0.254 e. The zero-order valence-electron chi connectivity index (χ0n) is 16.3. The van der Waals surface area contributed by atoms with Gasteiger partial charge in [0, 0.05) is 51.1 Å². The van der Waals surface area contributed by atoms with Gasteiger partial charge in [-0.15, -0.1) is 0 Å². The Morgan fingerprint density at radius 1 is 1.36 bits per heavy atom. The van der Waals surface area contributed by atoms with Gasteiger partial charge in [0.15, 0.2) is 0 Å². The van der Waals surface area contributed by atoms with Gasteiger partial charge in [0.05, 0.1) is 23.9 Å². The lowest BCUT2D eigenvalue weighted by Gasteiger charge is -2.36. The number of hydrogen-bond donors (Lipinski definition) is 2. The van der Waals surface area contributed by atoms with E-state index in [0.29, 0.717) is 18.5 Å². The molecular formula is C20H27N5O3. The molecule has 1 aliphatic rings. The van der Waals surface area contributed by atoms with E-state index in [9.17, 15) is 9.59 Å². The molecule has 28 heavy (non-hydrogen) atoms. The highest BCUT2D eigenvalue weighted by Gasteiger charge is 2.36. The quantitative estimate of drug-likeness (QED) is 0.751. The van der Waals surface area contributed by atoms with Crippen molar-refractivity contribution in [2.24, 2.45) is 5.92 Å². The number of methoxy groups -OCH3 is 1. The molecule has 2 heterocycles. The molecule has 2 N–H and O–H groups in total. The fourth-order valence-corrected chi connectivity index (χ4v) is 3.68. The largest absolute Gasteiger partial charge is 0.379 e. The lowest BCUT2D eigenvalue weighted by Crippen LogP contribution is -2.50. The van der Waals surface area contributed by atoms with Crippen molar-refractivity contribution in [2.45, 2.75) is 37.8 Å². The second-order valence-electron chi connectivity index (χ2n) is 7.18. The molecule has 1 fully saturated rings. The van der Waals surface area contributed by atoms with Crippen LogP contribution in [0.15, 0.2) is 36.8 Å². The zero-order valence-corrected chi connectivity index (χ0v) is 16.3. The molecule has 0 aliphatic heterocycles. The average molecular weight is 385 g/mol. The first-order valence-corrected chi connectivity index (χ1v) is 9.55. The van der Waals surface area contributed by atoms with Crippen LogP contribution < -0.4 is 5.32 Å². The maximum absolute atomic E-state index is 12.9. The van der Waals surface area contributed by atoms with Crippen LogP contribution in [0, 0.1) is 5.92 Å². The zero-order chi connectivity index (χ0) is 19.9. The normalized spacial score (nSPS) is 21.9. The first kappa shape index (κ1) is 20.0. The number of aromatic nitrogens is 3. The molecule has 0 bridgehead atoms. The van der Waals surface area contributed by atoms with E-state index in [1.165, 1.54) is 6.20 Å². The monoisotopic (exact) mass is 385 g/mol. The standard InChI is InChI=1S/C20H27N5O3/c1-25(10-8-16-5-3-4-9-21-16)20(27)14-6-7-18(28-2)17(11-14)24-19(26)15-12-22-23-13-15/h3-5,9,12-14,17-18H,6-8,10-11H2,1-2H3,(H,22,23)(H,24,26)/t14-,17+,18+/m0/s1. The predicted octanol–water partition coefficient (Wildman–Crippen LogP) is 1.42. The maximum Gasteiger partial charge on any atom is 0.254 e. The molecule has 1 saturated carbocycles. The van der Waals surface area contributed by atoms with E-state index in [0.717, 1.165) is 25.0 Å². The van der Waals surface area contributed by atoms with Crippen LogP contribution in [0.5, 0.6) is 0 Å². The van der Waals surface area contributed by atoms with Crippen LogP contribution in [0.2, 0.25) is 0 Å². The van der Waals surface area contributed by atoms with E-state index in [4.69, 9.17) is 4.74 Å². The minimum absolute atomic E-state index is 0.0984. The molecule has 0 saturated heterocycles. The first-order valence-electron chi connectivity index (χ1n) is 9.55. The predicted molar refractivity (Wildman–Crippen MR) is 104 cm³/mol. The number of nitrogens with zero attached hydrogens (tertiary/aromatic N) is 3. The summed E-state index contributed by atoms with van der Waals surface area (Å²) in [6.45, 7) is 0.617. The van der Waals surface area contributed by atoms with Crippen molar-refractivity contribution in [2.75, 3.05) is 20.7 Å². The van der Waals surface area contributed by atoms with Crippen molar-refractivity contribution in [3.63, 3.8) is 0 Å². The molecule has 0 unspecified atom stereocenters. The molecule has 8 heteroatoms. The Morgan fingerprint density at radius 2 is 2.21 bits per heavy atom. The Bertz CT molecular complexity index is 765. The number of aromatic amines is 1. The summed E-state index contributed by atoms with van der Waals surface area (Å²) in [6, 6.07) is 5.58. The number of likely N-dealkylation sites (N-methyl/N-ethyl adjacent to an activating group) is 1. The van der Waals surface area contributed by atoms with E-state index in [1.54, 1.807) is 24.4 Å². The Hall–Kier alpha value is -2.74. The number of nitrogens with one attached hydrogen (secondary N) is 2. The highest BCUT2D eigenvalue weighted by molar-refractivity contribution is 5.93. The summed E-state index contributed by atoms with van der Waals surface area (Å²) in [5.41, 5.74) is 1.44. The number of carbonyl (C=O) groups excluding carboxylic acids is 2. The van der Waals surface area contributed by atoms with Crippen LogP contribution in [-0.4, -0.2) is 64.7 Å². The minimum Gasteiger partial charge on any atom is -0.379 e. The topological polar surface area (TPSA) is 100 Å². The Balaban J connectivity index is 1.57. The van der Waals surface area contributed by atoms with Crippen LogP contribution >= 0.6 is 0 Å². The molecule has 0 spiro atoms. The van der Waals surface area contributed by atoms with Crippen LogP contribution in [0.4, 0.5) is 0 Å².